The van der Waals surface area contributed by atoms with Gasteiger partial charge in [-0.15, -0.1) is 0 Å². The highest BCUT2D eigenvalue weighted by Gasteiger charge is 2.37. The molecule has 0 atom stereocenters. The number of hydrogen-bond acceptors (Lipinski definition) is 3. The van der Waals surface area contributed by atoms with Crippen LogP contribution in [0.4, 0.5) is 18.9 Å². The molecule has 3 aromatic rings. The number of benzene rings is 1. The molecule has 2 heterocycles. The second-order valence-corrected chi connectivity index (χ2v) is 4.63. The monoisotopic (exact) mass is 292 g/mol. The second-order valence-electron chi connectivity index (χ2n) is 4.63. The van der Waals surface area contributed by atoms with Gasteiger partial charge in [0.25, 0.3) is 0 Å². The van der Waals surface area contributed by atoms with Gasteiger partial charge < -0.3 is 10.3 Å². The van der Waals surface area contributed by atoms with Gasteiger partial charge in [0.15, 0.2) is 0 Å². The highest BCUT2D eigenvalue weighted by molar-refractivity contribution is 5.79. The second kappa shape index (κ2) is 4.76. The molecule has 108 valence electrons. The number of alkyl halides is 3. The molecule has 0 saturated heterocycles. The van der Waals surface area contributed by atoms with Crippen LogP contribution in [-0.4, -0.2) is 14.5 Å². The minimum absolute atomic E-state index is 0.0447. The lowest BCUT2D eigenvalue weighted by atomic mass is 10.2. The molecule has 4 nitrogen and oxygen atoms in total. The predicted molar refractivity (Wildman–Crippen MR) is 72.5 cm³/mol. The number of nitrogen functional groups attached to an aromatic ring is 1. The molecule has 0 aliphatic carbocycles. The molecule has 2 aromatic heterocycles. The quantitative estimate of drug-likeness (QED) is 0.738. The fraction of sp³-hybridized carbons (Fsp3) is 0.143. The summed E-state index contributed by atoms with van der Waals surface area (Å²) in [5.41, 5.74) is 7.26. The molecule has 0 amide bonds. The van der Waals surface area contributed by atoms with E-state index < -0.39 is 12.0 Å². The number of nitrogens with zero attached hydrogens (tertiary/aromatic N) is 3. The molecule has 7 heteroatoms. The van der Waals surface area contributed by atoms with Gasteiger partial charge in [0.05, 0.1) is 17.6 Å². The van der Waals surface area contributed by atoms with E-state index >= 15 is 0 Å². The lowest BCUT2D eigenvalue weighted by Crippen LogP contribution is -2.15. The number of rotatable bonds is 2. The topological polar surface area (TPSA) is 56.7 Å². The fourth-order valence-corrected chi connectivity index (χ4v) is 2.20. The molecule has 0 radical (unpaired) electrons. The molecular formula is C14H11F3N4. The molecule has 1 aromatic carbocycles. The predicted octanol–water partition coefficient (Wildman–Crippen LogP) is 3.08. The fourth-order valence-electron chi connectivity index (χ4n) is 2.20. The van der Waals surface area contributed by atoms with E-state index in [1.54, 1.807) is 30.5 Å². The standard InChI is InChI=1S/C14H11F3N4/c15-14(16,17)13-20-11-6-10(18)3-4-12(11)21(13)8-9-2-1-5-19-7-9/h1-7H,8,18H2. The Morgan fingerprint density at radius 2 is 2.00 bits per heavy atom. The first-order valence-corrected chi connectivity index (χ1v) is 6.17. The summed E-state index contributed by atoms with van der Waals surface area (Å²) in [7, 11) is 0. The van der Waals surface area contributed by atoms with Gasteiger partial charge in [-0.2, -0.15) is 13.2 Å². The highest BCUT2D eigenvalue weighted by atomic mass is 19.4. The van der Waals surface area contributed by atoms with Crippen molar-refractivity contribution in [2.45, 2.75) is 12.7 Å². The summed E-state index contributed by atoms with van der Waals surface area (Å²) in [6, 6.07) is 7.94. The van der Waals surface area contributed by atoms with Crippen molar-refractivity contribution in [3.63, 3.8) is 0 Å². The van der Waals surface area contributed by atoms with Gasteiger partial charge in [0, 0.05) is 18.1 Å². The van der Waals surface area contributed by atoms with Crippen molar-refractivity contribution in [1.29, 1.82) is 0 Å². The van der Waals surface area contributed by atoms with Gasteiger partial charge in [-0.3, -0.25) is 4.98 Å². The first kappa shape index (κ1) is 13.4. The van der Waals surface area contributed by atoms with Crippen LogP contribution in [0, 0.1) is 0 Å². The maximum atomic E-state index is 13.2. The van der Waals surface area contributed by atoms with Crippen molar-refractivity contribution >= 4 is 16.7 Å². The van der Waals surface area contributed by atoms with Crippen LogP contribution < -0.4 is 5.73 Å². The minimum Gasteiger partial charge on any atom is -0.399 e. The lowest BCUT2D eigenvalue weighted by Gasteiger charge is -2.11. The number of nitrogens with two attached hydrogens (primary N) is 1. The zero-order valence-corrected chi connectivity index (χ0v) is 10.8. The summed E-state index contributed by atoms with van der Waals surface area (Å²) < 4.78 is 40.6. The average Bonchev–Trinajstić information content (AvgIpc) is 2.78. The van der Waals surface area contributed by atoms with Gasteiger partial charge in [-0.1, -0.05) is 6.07 Å². The number of fused-ring (bicyclic) bond motifs is 1. The molecule has 21 heavy (non-hydrogen) atoms. The molecule has 0 fully saturated rings. The Balaban J connectivity index is 2.18. The van der Waals surface area contributed by atoms with Crippen molar-refractivity contribution in [2.75, 3.05) is 5.73 Å². The summed E-state index contributed by atoms with van der Waals surface area (Å²) in [5, 5.41) is 0. The molecular weight excluding hydrogens is 281 g/mol. The maximum absolute atomic E-state index is 13.2. The number of halogens is 3. The van der Waals surface area contributed by atoms with E-state index in [0.717, 1.165) is 4.57 Å². The van der Waals surface area contributed by atoms with E-state index in [0.29, 0.717) is 16.8 Å². The SMILES string of the molecule is Nc1ccc2c(c1)nc(C(F)(F)F)n2Cc1cccnc1. The number of hydrogen-bond donors (Lipinski definition) is 1. The normalized spacial score (nSPS) is 12.0. The highest BCUT2D eigenvalue weighted by Crippen LogP contribution is 2.32. The van der Waals surface area contributed by atoms with Crippen molar-refractivity contribution in [3.8, 4) is 0 Å². The van der Waals surface area contributed by atoms with E-state index in [-0.39, 0.29) is 12.1 Å². The summed E-state index contributed by atoms with van der Waals surface area (Å²) in [4.78, 5) is 7.59. The maximum Gasteiger partial charge on any atom is 0.449 e. The summed E-state index contributed by atoms with van der Waals surface area (Å²) in [5.74, 6) is -0.938. The van der Waals surface area contributed by atoms with E-state index in [4.69, 9.17) is 5.73 Å². The van der Waals surface area contributed by atoms with Crippen LogP contribution in [0.15, 0.2) is 42.7 Å². The van der Waals surface area contributed by atoms with Crippen molar-refractivity contribution < 1.29 is 13.2 Å². The third kappa shape index (κ3) is 2.54. The molecule has 3 rings (SSSR count). The van der Waals surface area contributed by atoms with Crippen LogP contribution in [0.1, 0.15) is 11.4 Å². The van der Waals surface area contributed by atoms with Crippen LogP contribution in [0.2, 0.25) is 0 Å². The molecule has 0 unspecified atom stereocenters. The summed E-state index contributed by atoms with van der Waals surface area (Å²) >= 11 is 0. The number of imidazole rings is 1. The Labute approximate surface area is 118 Å². The van der Waals surface area contributed by atoms with Gasteiger partial charge in [0.1, 0.15) is 0 Å². The van der Waals surface area contributed by atoms with Gasteiger partial charge in [0.2, 0.25) is 5.82 Å². The van der Waals surface area contributed by atoms with Crippen LogP contribution in [0.3, 0.4) is 0 Å². The summed E-state index contributed by atoms with van der Waals surface area (Å²) in [6.07, 6.45) is -1.43. The Kier molecular flexibility index (Phi) is 3.04. The number of aromatic nitrogens is 3. The summed E-state index contributed by atoms with van der Waals surface area (Å²) in [6.45, 7) is 0.0447. The zero-order chi connectivity index (χ0) is 15.0. The van der Waals surface area contributed by atoms with E-state index in [1.807, 2.05) is 0 Å². The third-order valence-corrected chi connectivity index (χ3v) is 3.09. The van der Waals surface area contributed by atoms with Crippen LogP contribution in [-0.2, 0) is 12.7 Å². The molecule has 0 spiro atoms. The molecule has 0 aliphatic heterocycles. The van der Waals surface area contributed by atoms with E-state index in [2.05, 4.69) is 9.97 Å². The molecule has 0 bridgehead atoms. The zero-order valence-electron chi connectivity index (χ0n) is 10.8. The van der Waals surface area contributed by atoms with Crippen LogP contribution in [0.5, 0.6) is 0 Å². The molecule has 0 aliphatic rings. The minimum atomic E-state index is -4.53. The molecule has 0 saturated carbocycles. The van der Waals surface area contributed by atoms with Gasteiger partial charge in [-0.25, -0.2) is 4.98 Å². The van der Waals surface area contributed by atoms with E-state index in [1.165, 1.54) is 12.3 Å². The van der Waals surface area contributed by atoms with Crippen molar-refractivity contribution in [3.05, 3.63) is 54.1 Å². The third-order valence-electron chi connectivity index (χ3n) is 3.09. The lowest BCUT2D eigenvalue weighted by molar-refractivity contribution is -0.146. The molecule has 2 N–H and O–H groups in total. The first-order valence-electron chi connectivity index (χ1n) is 6.17. The van der Waals surface area contributed by atoms with Crippen molar-refractivity contribution in [1.82, 2.24) is 14.5 Å². The average molecular weight is 292 g/mol. The Hall–Kier alpha value is -2.57. The number of anilines is 1. The Morgan fingerprint density at radius 1 is 1.19 bits per heavy atom. The largest absolute Gasteiger partial charge is 0.449 e. The van der Waals surface area contributed by atoms with Gasteiger partial charge >= 0.3 is 6.18 Å². The smallest absolute Gasteiger partial charge is 0.399 e. The van der Waals surface area contributed by atoms with Gasteiger partial charge in [-0.05, 0) is 29.8 Å². The number of pyridine rings is 1. The Morgan fingerprint density at radius 3 is 2.67 bits per heavy atom. The Bertz CT molecular complexity index is 778. The van der Waals surface area contributed by atoms with Crippen molar-refractivity contribution in [2.24, 2.45) is 0 Å². The first-order chi connectivity index (χ1) is 9.95. The van der Waals surface area contributed by atoms with Crippen LogP contribution >= 0.6 is 0 Å². The van der Waals surface area contributed by atoms with E-state index in [9.17, 15) is 13.2 Å². The van der Waals surface area contributed by atoms with Crippen LogP contribution in [0.25, 0.3) is 11.0 Å².